The van der Waals surface area contributed by atoms with Gasteiger partial charge in [0.25, 0.3) is 5.91 Å². The van der Waals surface area contributed by atoms with Gasteiger partial charge < -0.3 is 19.1 Å². The summed E-state index contributed by atoms with van der Waals surface area (Å²) >= 11 is 0. The maximum absolute atomic E-state index is 12.6. The highest BCUT2D eigenvalue weighted by Crippen LogP contribution is 2.26. The maximum atomic E-state index is 12.6. The van der Waals surface area contributed by atoms with Crippen LogP contribution in [-0.2, 0) is 19.1 Å². The summed E-state index contributed by atoms with van der Waals surface area (Å²) in [5.41, 5.74) is 0. The van der Waals surface area contributed by atoms with Crippen LogP contribution in [0.3, 0.4) is 0 Å². The van der Waals surface area contributed by atoms with Crippen molar-refractivity contribution in [2.75, 3.05) is 33.4 Å². The summed E-state index contributed by atoms with van der Waals surface area (Å²) in [6.45, 7) is 0.929. The summed E-state index contributed by atoms with van der Waals surface area (Å²) in [7, 11) is 1.29. The standard InChI is InChI=1S/C22H24N2O6/c1-28-21(26)18-13-30-22(27)24(18)16-9-11-23(12-10-16)20(25)14-29-19-8-4-6-15-5-2-3-7-17(15)19/h2-8,16,18H,9-14H2,1H3. The van der Waals surface area contributed by atoms with E-state index < -0.39 is 18.1 Å². The molecule has 2 aromatic rings. The zero-order valence-electron chi connectivity index (χ0n) is 16.8. The minimum atomic E-state index is -0.718. The van der Waals surface area contributed by atoms with Gasteiger partial charge in [0.1, 0.15) is 12.4 Å². The minimum Gasteiger partial charge on any atom is -0.483 e. The largest absolute Gasteiger partial charge is 0.483 e. The molecule has 2 aliphatic heterocycles. The first-order valence-electron chi connectivity index (χ1n) is 9.99. The van der Waals surface area contributed by atoms with Crippen LogP contribution in [0.15, 0.2) is 42.5 Å². The number of methoxy groups -OCH3 is 1. The van der Waals surface area contributed by atoms with Gasteiger partial charge in [0, 0.05) is 24.5 Å². The molecule has 2 aliphatic rings. The number of amides is 2. The Morgan fingerprint density at radius 2 is 1.83 bits per heavy atom. The van der Waals surface area contributed by atoms with Crippen LogP contribution in [0.1, 0.15) is 12.8 Å². The zero-order chi connectivity index (χ0) is 21.1. The Hall–Kier alpha value is -3.29. The quantitative estimate of drug-likeness (QED) is 0.700. The number of carbonyl (C=O) groups excluding carboxylic acids is 3. The van der Waals surface area contributed by atoms with Crippen molar-refractivity contribution in [3.8, 4) is 5.75 Å². The van der Waals surface area contributed by atoms with E-state index in [4.69, 9.17) is 14.2 Å². The molecule has 8 heteroatoms. The summed E-state index contributed by atoms with van der Waals surface area (Å²) in [5, 5.41) is 2.02. The fraction of sp³-hybridized carbons (Fsp3) is 0.409. The van der Waals surface area contributed by atoms with Crippen LogP contribution in [-0.4, -0.2) is 73.3 Å². The van der Waals surface area contributed by atoms with E-state index in [9.17, 15) is 14.4 Å². The fourth-order valence-electron chi connectivity index (χ4n) is 4.10. The van der Waals surface area contributed by atoms with Gasteiger partial charge in [0.2, 0.25) is 0 Å². The lowest BCUT2D eigenvalue weighted by molar-refractivity contribution is -0.146. The fourth-order valence-corrected chi connectivity index (χ4v) is 4.10. The van der Waals surface area contributed by atoms with Crippen molar-refractivity contribution >= 4 is 28.7 Å². The number of ether oxygens (including phenoxy) is 3. The second-order valence-corrected chi connectivity index (χ2v) is 7.40. The minimum absolute atomic E-state index is 0.00350. The number of rotatable bonds is 5. The van der Waals surface area contributed by atoms with E-state index in [2.05, 4.69) is 0 Å². The molecule has 0 aromatic heterocycles. The lowest BCUT2D eigenvalue weighted by atomic mass is 10.0. The molecule has 1 atom stereocenters. The molecule has 8 nitrogen and oxygen atoms in total. The van der Waals surface area contributed by atoms with Crippen LogP contribution in [0, 0.1) is 0 Å². The van der Waals surface area contributed by atoms with Gasteiger partial charge in [-0.05, 0) is 24.3 Å². The van der Waals surface area contributed by atoms with Gasteiger partial charge in [-0.3, -0.25) is 9.69 Å². The average Bonchev–Trinajstić information content (AvgIpc) is 3.18. The summed E-state index contributed by atoms with van der Waals surface area (Å²) in [6, 6.07) is 12.7. The van der Waals surface area contributed by atoms with Gasteiger partial charge in [0.05, 0.1) is 7.11 Å². The number of esters is 1. The first kappa shape index (κ1) is 20.0. The molecule has 0 aliphatic carbocycles. The number of benzene rings is 2. The molecule has 2 heterocycles. The van der Waals surface area contributed by atoms with Gasteiger partial charge in [-0.25, -0.2) is 9.59 Å². The van der Waals surface area contributed by atoms with Crippen molar-refractivity contribution < 1.29 is 28.6 Å². The molecule has 158 valence electrons. The van der Waals surface area contributed by atoms with Crippen molar-refractivity contribution in [1.82, 2.24) is 9.80 Å². The van der Waals surface area contributed by atoms with Crippen molar-refractivity contribution in [2.24, 2.45) is 0 Å². The third-order valence-electron chi connectivity index (χ3n) is 5.70. The Labute approximate surface area is 174 Å². The second kappa shape index (κ2) is 8.61. The number of cyclic esters (lactones) is 1. The van der Waals surface area contributed by atoms with Crippen molar-refractivity contribution in [2.45, 2.75) is 24.9 Å². The molecule has 30 heavy (non-hydrogen) atoms. The number of hydrogen-bond donors (Lipinski definition) is 0. The second-order valence-electron chi connectivity index (χ2n) is 7.40. The Bertz CT molecular complexity index is 948. The first-order chi connectivity index (χ1) is 14.6. The Kier molecular flexibility index (Phi) is 5.74. The molecule has 1 unspecified atom stereocenters. The molecule has 2 aromatic carbocycles. The summed E-state index contributed by atoms with van der Waals surface area (Å²) < 4.78 is 15.6. The number of likely N-dealkylation sites (tertiary alicyclic amines) is 1. The van der Waals surface area contributed by atoms with Gasteiger partial charge >= 0.3 is 12.1 Å². The van der Waals surface area contributed by atoms with E-state index in [1.807, 2.05) is 42.5 Å². The highest BCUT2D eigenvalue weighted by atomic mass is 16.6. The number of carbonyl (C=O) groups is 3. The molecule has 2 saturated heterocycles. The van der Waals surface area contributed by atoms with E-state index >= 15 is 0 Å². The average molecular weight is 412 g/mol. The SMILES string of the molecule is COC(=O)C1COC(=O)N1C1CCN(C(=O)COc2cccc3ccccc23)CC1. The lowest BCUT2D eigenvalue weighted by Crippen LogP contribution is -2.52. The normalized spacial score (nSPS) is 19.6. The molecule has 0 saturated carbocycles. The third kappa shape index (κ3) is 3.90. The van der Waals surface area contributed by atoms with E-state index in [0.29, 0.717) is 31.7 Å². The van der Waals surface area contributed by atoms with Crippen LogP contribution in [0.5, 0.6) is 5.75 Å². The van der Waals surface area contributed by atoms with Crippen LogP contribution in [0.2, 0.25) is 0 Å². The summed E-state index contributed by atoms with van der Waals surface area (Å²) in [5.74, 6) is 0.0924. The van der Waals surface area contributed by atoms with E-state index in [1.54, 1.807) is 4.90 Å². The number of nitrogens with zero attached hydrogens (tertiary/aromatic N) is 2. The zero-order valence-corrected chi connectivity index (χ0v) is 16.8. The number of piperidine rings is 1. The van der Waals surface area contributed by atoms with Gasteiger partial charge in [0.15, 0.2) is 12.6 Å². The first-order valence-corrected chi connectivity index (χ1v) is 9.99. The van der Waals surface area contributed by atoms with Gasteiger partial charge in [-0.2, -0.15) is 0 Å². The molecule has 2 amide bonds. The van der Waals surface area contributed by atoms with Gasteiger partial charge in [-0.15, -0.1) is 0 Å². The predicted molar refractivity (Wildman–Crippen MR) is 108 cm³/mol. The van der Waals surface area contributed by atoms with Crippen LogP contribution in [0.25, 0.3) is 10.8 Å². The van der Waals surface area contributed by atoms with Crippen LogP contribution >= 0.6 is 0 Å². The molecule has 0 radical (unpaired) electrons. The molecular weight excluding hydrogens is 388 g/mol. The van der Waals surface area contributed by atoms with E-state index in [1.165, 1.54) is 12.0 Å². The summed E-state index contributed by atoms with van der Waals surface area (Å²) in [4.78, 5) is 39.8. The smallest absolute Gasteiger partial charge is 0.410 e. The molecular formula is C22H24N2O6. The monoisotopic (exact) mass is 412 g/mol. The highest BCUT2D eigenvalue weighted by Gasteiger charge is 2.44. The molecule has 0 spiro atoms. The topological polar surface area (TPSA) is 85.4 Å². The summed E-state index contributed by atoms with van der Waals surface area (Å²) in [6.07, 6.45) is 0.639. The van der Waals surface area contributed by atoms with E-state index in [-0.39, 0.29) is 25.2 Å². The maximum Gasteiger partial charge on any atom is 0.410 e. The van der Waals surface area contributed by atoms with Gasteiger partial charge in [-0.1, -0.05) is 36.4 Å². The lowest BCUT2D eigenvalue weighted by Gasteiger charge is -2.37. The van der Waals surface area contributed by atoms with E-state index in [0.717, 1.165) is 10.8 Å². The number of hydrogen-bond acceptors (Lipinski definition) is 6. The van der Waals surface area contributed by atoms with Crippen molar-refractivity contribution in [1.29, 1.82) is 0 Å². The Balaban J connectivity index is 1.33. The van der Waals surface area contributed by atoms with Crippen molar-refractivity contribution in [3.05, 3.63) is 42.5 Å². The van der Waals surface area contributed by atoms with Crippen molar-refractivity contribution in [3.63, 3.8) is 0 Å². The Morgan fingerprint density at radius 3 is 2.60 bits per heavy atom. The van der Waals surface area contributed by atoms with Crippen LogP contribution in [0.4, 0.5) is 4.79 Å². The molecule has 2 fully saturated rings. The third-order valence-corrected chi connectivity index (χ3v) is 5.70. The predicted octanol–water partition coefficient (Wildman–Crippen LogP) is 2.20. The number of fused-ring (bicyclic) bond motifs is 1. The molecule has 0 bridgehead atoms. The molecule has 4 rings (SSSR count). The van der Waals surface area contributed by atoms with Crippen LogP contribution < -0.4 is 4.74 Å². The Morgan fingerprint density at radius 1 is 1.10 bits per heavy atom. The molecule has 0 N–H and O–H groups in total. The highest BCUT2D eigenvalue weighted by molar-refractivity contribution is 5.88.